The molecule has 2 amide bonds. The molecule has 1 atom stereocenters. The molecule has 0 spiro atoms. The lowest BCUT2D eigenvalue weighted by molar-refractivity contribution is -0.121. The van der Waals surface area contributed by atoms with Crippen molar-refractivity contribution in [2.45, 2.75) is 57.1 Å². The third-order valence-corrected chi connectivity index (χ3v) is 4.76. The van der Waals surface area contributed by atoms with Crippen LogP contribution in [0.15, 0.2) is 33.6 Å². The first-order valence-corrected chi connectivity index (χ1v) is 10.0. The molecule has 0 bridgehead atoms. The van der Waals surface area contributed by atoms with Crippen molar-refractivity contribution in [1.82, 2.24) is 10.0 Å². The fourth-order valence-corrected chi connectivity index (χ4v) is 3.52. The number of carbonyl (C=O) groups is 2. The van der Waals surface area contributed by atoms with Gasteiger partial charge < -0.3 is 10.1 Å². The van der Waals surface area contributed by atoms with Crippen molar-refractivity contribution in [2.75, 3.05) is 0 Å². The summed E-state index contributed by atoms with van der Waals surface area (Å²) in [6.45, 7) is 6.90. The van der Waals surface area contributed by atoms with E-state index < -0.39 is 33.7 Å². The molecule has 0 aliphatic heterocycles. The molecule has 25 heavy (non-hydrogen) atoms. The molecule has 1 aromatic rings. The summed E-state index contributed by atoms with van der Waals surface area (Å²) in [7, 11) is -4.04. The van der Waals surface area contributed by atoms with Gasteiger partial charge in [0.1, 0.15) is 11.6 Å². The molecular formula is C16H23BrN2O5S. The second kappa shape index (κ2) is 8.66. The van der Waals surface area contributed by atoms with Crippen molar-refractivity contribution in [3.63, 3.8) is 0 Å². The predicted molar refractivity (Wildman–Crippen MR) is 97.5 cm³/mol. The zero-order valence-corrected chi connectivity index (χ0v) is 17.0. The molecule has 0 saturated heterocycles. The first-order valence-electron chi connectivity index (χ1n) is 7.76. The predicted octanol–water partition coefficient (Wildman–Crippen LogP) is 2.95. The zero-order valence-electron chi connectivity index (χ0n) is 14.6. The average molecular weight is 435 g/mol. The van der Waals surface area contributed by atoms with Crippen LogP contribution in [0, 0.1) is 0 Å². The van der Waals surface area contributed by atoms with Gasteiger partial charge in [0.15, 0.2) is 0 Å². The van der Waals surface area contributed by atoms with Crippen molar-refractivity contribution in [1.29, 1.82) is 0 Å². The summed E-state index contributed by atoms with van der Waals surface area (Å²) in [5.41, 5.74) is -0.723. The first kappa shape index (κ1) is 21.4. The van der Waals surface area contributed by atoms with Crippen LogP contribution >= 0.6 is 15.9 Å². The van der Waals surface area contributed by atoms with Gasteiger partial charge in [0.05, 0.1) is 4.90 Å². The molecule has 7 nitrogen and oxygen atoms in total. The highest BCUT2D eigenvalue weighted by molar-refractivity contribution is 9.10. The van der Waals surface area contributed by atoms with Gasteiger partial charge in [0.25, 0.3) is 15.9 Å². The molecule has 0 fully saturated rings. The number of nitrogens with one attached hydrogen (secondary N) is 2. The normalized spacial score (nSPS) is 13.0. The Hall–Kier alpha value is -1.61. The molecule has 0 saturated carbocycles. The molecule has 2 N–H and O–H groups in total. The van der Waals surface area contributed by atoms with Crippen LogP contribution in [0.2, 0.25) is 0 Å². The van der Waals surface area contributed by atoms with Crippen LogP contribution in [0.5, 0.6) is 0 Å². The number of halogens is 1. The molecule has 140 valence electrons. The van der Waals surface area contributed by atoms with Crippen LogP contribution in [-0.4, -0.2) is 32.1 Å². The topological polar surface area (TPSA) is 102 Å². The highest BCUT2D eigenvalue weighted by Gasteiger charge is 2.27. The van der Waals surface area contributed by atoms with Gasteiger partial charge in [-0.25, -0.2) is 17.9 Å². The van der Waals surface area contributed by atoms with Crippen LogP contribution < -0.4 is 10.0 Å². The lowest BCUT2D eigenvalue weighted by atomic mass is 10.1. The minimum Gasteiger partial charge on any atom is -0.444 e. The van der Waals surface area contributed by atoms with Crippen molar-refractivity contribution in [2.24, 2.45) is 0 Å². The Morgan fingerprint density at radius 3 is 2.44 bits per heavy atom. The number of hydrogen-bond acceptors (Lipinski definition) is 5. The van der Waals surface area contributed by atoms with E-state index in [2.05, 4.69) is 21.2 Å². The largest absolute Gasteiger partial charge is 0.444 e. The standard InChI is InChI=1S/C16H23BrN2O5S/c1-5-7-13(18-15(21)24-16(2,3)4)14(20)19-25(22,23)12-9-6-8-11(17)10-12/h6,8-10,13H,5,7H2,1-4H3,(H,18,21)(H,19,20)/t13-/m0/s1. The second-order valence-electron chi connectivity index (χ2n) is 6.41. The number of carbonyl (C=O) groups excluding carboxylic acids is 2. The second-order valence-corrected chi connectivity index (χ2v) is 9.01. The summed E-state index contributed by atoms with van der Waals surface area (Å²) in [4.78, 5) is 24.1. The van der Waals surface area contributed by atoms with Gasteiger partial charge in [-0.05, 0) is 45.4 Å². The summed E-state index contributed by atoms with van der Waals surface area (Å²) < 4.78 is 32.3. The third kappa shape index (κ3) is 7.43. The Morgan fingerprint density at radius 1 is 1.28 bits per heavy atom. The number of rotatable bonds is 6. The lowest BCUT2D eigenvalue weighted by Crippen LogP contribution is -2.49. The first-order chi connectivity index (χ1) is 11.4. The number of ether oxygens (including phenoxy) is 1. The van der Waals surface area contributed by atoms with Gasteiger partial charge in [-0.1, -0.05) is 35.3 Å². The summed E-state index contributed by atoms with van der Waals surface area (Å²) >= 11 is 3.18. The third-order valence-electron chi connectivity index (χ3n) is 2.93. The van der Waals surface area contributed by atoms with Crippen LogP contribution in [0.3, 0.4) is 0 Å². The Morgan fingerprint density at radius 2 is 1.92 bits per heavy atom. The number of amides is 2. The van der Waals surface area contributed by atoms with Crippen molar-refractivity contribution < 1.29 is 22.7 Å². The van der Waals surface area contributed by atoms with Gasteiger partial charge >= 0.3 is 6.09 Å². The number of benzene rings is 1. The van der Waals surface area contributed by atoms with E-state index in [0.29, 0.717) is 10.9 Å². The summed E-state index contributed by atoms with van der Waals surface area (Å²) in [6, 6.07) is 4.96. The fraction of sp³-hybridized carbons (Fsp3) is 0.500. The molecule has 0 aliphatic rings. The molecule has 0 radical (unpaired) electrons. The molecule has 1 aromatic carbocycles. The summed E-state index contributed by atoms with van der Waals surface area (Å²) in [6.07, 6.45) is 0.0742. The van der Waals surface area contributed by atoms with Gasteiger partial charge in [0.2, 0.25) is 0 Å². The number of sulfonamides is 1. The van der Waals surface area contributed by atoms with Crippen molar-refractivity contribution in [3.05, 3.63) is 28.7 Å². The minimum atomic E-state index is -4.04. The van der Waals surface area contributed by atoms with Gasteiger partial charge in [-0.3, -0.25) is 4.79 Å². The molecule has 0 aliphatic carbocycles. The van der Waals surface area contributed by atoms with Gasteiger partial charge in [-0.2, -0.15) is 0 Å². The van der Waals surface area contributed by atoms with Crippen LogP contribution in [0.25, 0.3) is 0 Å². The molecule has 0 unspecified atom stereocenters. The zero-order chi connectivity index (χ0) is 19.3. The van der Waals surface area contributed by atoms with E-state index >= 15 is 0 Å². The van der Waals surface area contributed by atoms with Crippen LogP contribution in [0.4, 0.5) is 4.79 Å². The molecular weight excluding hydrogens is 412 g/mol. The lowest BCUT2D eigenvalue weighted by Gasteiger charge is -2.23. The Kier molecular flexibility index (Phi) is 7.43. The van der Waals surface area contributed by atoms with E-state index in [9.17, 15) is 18.0 Å². The SMILES string of the molecule is CCC[C@H](NC(=O)OC(C)(C)C)C(=O)NS(=O)(=O)c1cccc(Br)c1. The molecule has 9 heteroatoms. The van der Waals surface area contributed by atoms with Gasteiger partial charge in [-0.15, -0.1) is 0 Å². The van der Waals surface area contributed by atoms with Gasteiger partial charge in [0, 0.05) is 4.47 Å². The van der Waals surface area contributed by atoms with Crippen LogP contribution in [0.1, 0.15) is 40.5 Å². The monoisotopic (exact) mass is 434 g/mol. The van der Waals surface area contributed by atoms with E-state index in [1.54, 1.807) is 32.9 Å². The quantitative estimate of drug-likeness (QED) is 0.716. The maximum Gasteiger partial charge on any atom is 0.408 e. The smallest absolute Gasteiger partial charge is 0.408 e. The minimum absolute atomic E-state index is 0.0530. The maximum atomic E-state index is 12.3. The number of hydrogen-bond donors (Lipinski definition) is 2. The van der Waals surface area contributed by atoms with E-state index in [1.807, 2.05) is 11.6 Å². The van der Waals surface area contributed by atoms with E-state index in [1.165, 1.54) is 12.1 Å². The summed E-state index contributed by atoms with van der Waals surface area (Å²) in [5, 5.41) is 2.41. The van der Waals surface area contributed by atoms with E-state index in [4.69, 9.17) is 4.74 Å². The average Bonchev–Trinajstić information content (AvgIpc) is 2.44. The van der Waals surface area contributed by atoms with E-state index in [0.717, 1.165) is 0 Å². The molecule has 0 aromatic heterocycles. The molecule has 1 rings (SSSR count). The molecule has 0 heterocycles. The number of alkyl carbamates (subject to hydrolysis) is 1. The maximum absolute atomic E-state index is 12.3. The van der Waals surface area contributed by atoms with Crippen molar-refractivity contribution >= 4 is 38.0 Å². The Labute approximate surface area is 156 Å². The Bertz CT molecular complexity index is 728. The van der Waals surface area contributed by atoms with E-state index in [-0.39, 0.29) is 11.3 Å². The van der Waals surface area contributed by atoms with Crippen molar-refractivity contribution in [3.8, 4) is 0 Å². The Balaban J connectivity index is 2.87. The van der Waals surface area contributed by atoms with Crippen LogP contribution in [-0.2, 0) is 19.6 Å². The highest BCUT2D eigenvalue weighted by Crippen LogP contribution is 2.16. The fourth-order valence-electron chi connectivity index (χ4n) is 1.90. The highest BCUT2D eigenvalue weighted by atomic mass is 79.9. The summed E-state index contributed by atoms with van der Waals surface area (Å²) in [5.74, 6) is -0.812.